The monoisotopic (exact) mass is 778 g/mol. The van der Waals surface area contributed by atoms with Crippen molar-refractivity contribution in [1.82, 2.24) is 9.80 Å². The lowest BCUT2D eigenvalue weighted by atomic mass is 9.83. The number of carbonyl (C=O) groups excluding carboxylic acids is 2. The highest BCUT2D eigenvalue weighted by Gasteiger charge is 2.50. The Bertz CT molecular complexity index is 1210. The fourth-order valence-corrected chi connectivity index (χ4v) is 8.06. The van der Waals surface area contributed by atoms with Gasteiger partial charge in [-0.3, -0.25) is 4.79 Å². The Hall–Kier alpha value is -1.54. The van der Waals surface area contributed by atoms with Crippen LogP contribution in [0.15, 0.2) is 0 Å². The number of esters is 2. The minimum Gasteiger partial charge on any atom is -0.459 e. The van der Waals surface area contributed by atoms with Crippen LogP contribution in [-0.4, -0.2) is 179 Å². The summed E-state index contributed by atoms with van der Waals surface area (Å²) in [5.74, 6) is -2.81. The molecule has 0 radical (unpaired) electrons. The first kappa shape index (κ1) is 46.8. The fraction of sp³-hybridized carbons (Fsp3) is 0.947. The average Bonchev–Trinajstić information content (AvgIpc) is 3.10. The topological polar surface area (TPSA) is 206 Å². The van der Waals surface area contributed by atoms with E-state index in [0.717, 1.165) is 0 Å². The summed E-state index contributed by atoms with van der Waals surface area (Å²) < 4.78 is 42.8. The van der Waals surface area contributed by atoms with Crippen molar-refractivity contribution in [3.8, 4) is 0 Å². The summed E-state index contributed by atoms with van der Waals surface area (Å²) in [4.78, 5) is 30.4. The number of aliphatic hydroxyl groups excluding tert-OH is 3. The van der Waals surface area contributed by atoms with Crippen molar-refractivity contribution in [3.63, 3.8) is 0 Å². The molecule has 0 unspecified atom stereocenters. The molecule has 3 rings (SSSR count). The summed E-state index contributed by atoms with van der Waals surface area (Å²) in [5.41, 5.74) is -4.46. The van der Waals surface area contributed by atoms with Crippen LogP contribution in [0.2, 0.25) is 0 Å². The van der Waals surface area contributed by atoms with Crippen molar-refractivity contribution in [2.45, 2.75) is 172 Å². The zero-order chi connectivity index (χ0) is 40.9. The second kappa shape index (κ2) is 19.3. The fourth-order valence-electron chi connectivity index (χ4n) is 8.06. The summed E-state index contributed by atoms with van der Waals surface area (Å²) >= 11 is 0. The molecule has 16 heteroatoms. The molecule has 0 aromatic rings. The Morgan fingerprint density at radius 1 is 1.04 bits per heavy atom. The zero-order valence-corrected chi connectivity index (χ0v) is 34.5. The lowest BCUT2D eigenvalue weighted by molar-refractivity contribution is -0.302. The third-order valence-corrected chi connectivity index (χ3v) is 11.9. The van der Waals surface area contributed by atoms with E-state index in [1.165, 1.54) is 14.0 Å². The zero-order valence-electron chi connectivity index (χ0n) is 34.5. The predicted octanol–water partition coefficient (Wildman–Crippen LogP) is 0.809. The van der Waals surface area contributed by atoms with Gasteiger partial charge in [0.1, 0.15) is 30.5 Å². The molecule has 16 nitrogen and oxygen atoms in total. The van der Waals surface area contributed by atoms with Gasteiger partial charge in [-0.15, -0.1) is 0 Å². The van der Waals surface area contributed by atoms with E-state index in [2.05, 4.69) is 0 Å². The van der Waals surface area contributed by atoms with Crippen LogP contribution in [0.5, 0.6) is 0 Å². The molecule has 0 aliphatic carbocycles. The van der Waals surface area contributed by atoms with Crippen LogP contribution in [0.3, 0.4) is 0 Å². The van der Waals surface area contributed by atoms with Gasteiger partial charge in [0.25, 0.3) is 0 Å². The number of likely N-dealkylation sites (N-methyl/N-ethyl adjacent to an activating group) is 2. The van der Waals surface area contributed by atoms with Crippen molar-refractivity contribution >= 4 is 11.9 Å². The lowest BCUT2D eigenvalue weighted by Crippen LogP contribution is -2.59. The van der Waals surface area contributed by atoms with Crippen molar-refractivity contribution in [3.05, 3.63) is 0 Å². The minimum absolute atomic E-state index is 0.0995. The van der Waals surface area contributed by atoms with E-state index in [0.29, 0.717) is 13.0 Å². The Morgan fingerprint density at radius 3 is 2.26 bits per heavy atom. The average molecular weight is 779 g/mol. The second-order valence-electron chi connectivity index (χ2n) is 16.9. The van der Waals surface area contributed by atoms with Crippen LogP contribution >= 0.6 is 0 Å². The first-order valence-corrected chi connectivity index (χ1v) is 19.3. The molecular formula is C38H70N2O14. The number of ether oxygens (including phenoxy) is 7. The predicted molar refractivity (Wildman–Crippen MR) is 196 cm³/mol. The van der Waals surface area contributed by atoms with Gasteiger partial charge in [-0.05, 0) is 87.9 Å². The number of aliphatic hydroxyl groups is 5. The molecule has 0 saturated carbocycles. The van der Waals surface area contributed by atoms with E-state index < -0.39 is 96.5 Å². The second-order valence-corrected chi connectivity index (χ2v) is 16.9. The SMILES string of the molecule is CC[C@H]1OC(=O)[C@H](C)[C@@H](O[C@H]2C[C@@](C)(OC)[C@@H](O)CO2)C[C@@H](O[C@@H]2O[C@H](C)C[C@H](N(C)C)[C@H]2OC(=O)CO)[C@](C)(O)C[C@@H](C)CN(C)[C@H](C)[C@@H](O)[C@]1(C)O. The van der Waals surface area contributed by atoms with Gasteiger partial charge < -0.3 is 68.5 Å². The van der Waals surface area contributed by atoms with Crippen LogP contribution in [0.4, 0.5) is 0 Å². The largest absolute Gasteiger partial charge is 0.459 e. The molecule has 54 heavy (non-hydrogen) atoms. The lowest BCUT2D eigenvalue weighted by Gasteiger charge is -2.46. The van der Waals surface area contributed by atoms with Crippen LogP contribution in [0.25, 0.3) is 0 Å². The normalized spacial score (nSPS) is 45.3. The molecule has 0 aromatic heterocycles. The van der Waals surface area contributed by atoms with Gasteiger partial charge in [-0.1, -0.05) is 13.8 Å². The summed E-state index contributed by atoms with van der Waals surface area (Å²) in [7, 11) is 6.97. The van der Waals surface area contributed by atoms with E-state index in [1.807, 2.05) is 44.8 Å². The van der Waals surface area contributed by atoms with Crippen molar-refractivity contribution in [2.24, 2.45) is 11.8 Å². The van der Waals surface area contributed by atoms with Crippen molar-refractivity contribution < 1.29 is 68.3 Å². The molecular weight excluding hydrogens is 708 g/mol. The maximum Gasteiger partial charge on any atom is 0.332 e. The molecule has 0 amide bonds. The number of methoxy groups -OCH3 is 1. The number of cyclic esters (lactones) is 1. The van der Waals surface area contributed by atoms with E-state index in [1.54, 1.807) is 34.6 Å². The van der Waals surface area contributed by atoms with E-state index in [4.69, 9.17) is 33.2 Å². The van der Waals surface area contributed by atoms with E-state index in [-0.39, 0.29) is 50.4 Å². The summed E-state index contributed by atoms with van der Waals surface area (Å²) in [6.45, 7) is 13.2. The van der Waals surface area contributed by atoms with Gasteiger partial charge >= 0.3 is 11.9 Å². The van der Waals surface area contributed by atoms with Crippen molar-refractivity contribution in [1.29, 1.82) is 0 Å². The molecule has 3 aliphatic heterocycles. The van der Waals surface area contributed by atoms with Crippen LogP contribution in [0, 0.1) is 11.8 Å². The van der Waals surface area contributed by atoms with E-state index >= 15 is 0 Å². The molecule has 3 fully saturated rings. The summed E-state index contributed by atoms with van der Waals surface area (Å²) in [6.07, 6.45) is -8.09. The molecule has 3 saturated heterocycles. The molecule has 0 bridgehead atoms. The molecule has 316 valence electrons. The Morgan fingerprint density at radius 2 is 1.69 bits per heavy atom. The van der Waals surface area contributed by atoms with Gasteiger partial charge in [-0.25, -0.2) is 4.79 Å². The molecule has 16 atom stereocenters. The third kappa shape index (κ3) is 11.3. The number of hydrogen-bond donors (Lipinski definition) is 5. The molecule has 0 spiro atoms. The van der Waals surface area contributed by atoms with Crippen molar-refractivity contribution in [2.75, 3.05) is 48.0 Å². The summed E-state index contributed by atoms with van der Waals surface area (Å²) in [6, 6.07) is -0.933. The van der Waals surface area contributed by atoms with Crippen LogP contribution in [-0.2, 0) is 42.7 Å². The minimum atomic E-state index is -1.82. The molecule has 3 heterocycles. The van der Waals surface area contributed by atoms with E-state index in [9.17, 15) is 35.1 Å². The number of rotatable bonds is 9. The maximum atomic E-state index is 14.1. The first-order chi connectivity index (χ1) is 25.0. The van der Waals surface area contributed by atoms with Crippen LogP contribution in [0.1, 0.15) is 87.5 Å². The van der Waals surface area contributed by atoms with Crippen LogP contribution < -0.4 is 0 Å². The molecule has 3 aliphatic rings. The summed E-state index contributed by atoms with van der Waals surface area (Å²) in [5, 5.41) is 55.8. The molecule has 0 aromatic carbocycles. The standard InChI is InChI=1S/C38H70N2O14/c1-13-28-38(8,47)33(44)24(5)40(11)18-21(2)16-36(6,46)29(53-35-32(54-30(43)19-41)25(39(9)10)14-22(3)50-35)15-26(23(4)34(45)52-28)51-31-17-37(7,48-12)27(42)20-49-31/h21-29,31-33,35,41-42,44,46-47H,13-20H2,1-12H3/t21-,22-,23-,24-,25+,26+,27+,28-,29-,31+,32-,33-,35+,36-,37-,38-/m1/s1. The highest BCUT2D eigenvalue weighted by Crippen LogP contribution is 2.37. The highest BCUT2D eigenvalue weighted by molar-refractivity contribution is 5.73. The Labute approximate surface area is 321 Å². The van der Waals surface area contributed by atoms with Gasteiger partial charge in [0, 0.05) is 32.5 Å². The Balaban J connectivity index is 2.16. The molecule has 5 N–H and O–H groups in total. The highest BCUT2D eigenvalue weighted by atomic mass is 16.7. The van der Waals surface area contributed by atoms with Gasteiger partial charge in [-0.2, -0.15) is 0 Å². The van der Waals surface area contributed by atoms with Gasteiger partial charge in [0.2, 0.25) is 0 Å². The third-order valence-electron chi connectivity index (χ3n) is 11.9. The quantitative estimate of drug-likeness (QED) is 0.205. The number of carbonyl (C=O) groups is 2. The Kier molecular flexibility index (Phi) is 16.7. The van der Waals surface area contributed by atoms with Gasteiger partial charge in [0.15, 0.2) is 18.7 Å². The number of nitrogens with zero attached hydrogens (tertiary/aromatic N) is 2. The maximum absolute atomic E-state index is 14.1. The smallest absolute Gasteiger partial charge is 0.332 e. The number of hydrogen-bond acceptors (Lipinski definition) is 16. The van der Waals surface area contributed by atoms with Gasteiger partial charge in [0.05, 0.1) is 48.1 Å². The first-order valence-electron chi connectivity index (χ1n) is 19.3.